The van der Waals surface area contributed by atoms with Gasteiger partial charge in [-0.1, -0.05) is 60.7 Å². The lowest BCUT2D eigenvalue weighted by Crippen LogP contribution is -2.18. The van der Waals surface area contributed by atoms with E-state index < -0.39 is 0 Å². The van der Waals surface area contributed by atoms with Gasteiger partial charge in [0.15, 0.2) is 5.78 Å². The monoisotopic (exact) mass is 316 g/mol. The molecule has 3 aromatic carbocycles. The van der Waals surface area contributed by atoms with Crippen molar-refractivity contribution in [1.82, 2.24) is 0 Å². The van der Waals surface area contributed by atoms with Crippen molar-refractivity contribution in [3.05, 3.63) is 95.6 Å². The third-order valence-electron chi connectivity index (χ3n) is 4.00. The number of anilines is 2. The van der Waals surface area contributed by atoms with Crippen LogP contribution in [0.15, 0.2) is 78.9 Å². The first-order chi connectivity index (χ1) is 11.6. The van der Waals surface area contributed by atoms with Gasteiger partial charge in [0.1, 0.15) is 0 Å². The minimum atomic E-state index is -0.0143. The Morgan fingerprint density at radius 3 is 2.12 bits per heavy atom. The second-order valence-corrected chi connectivity index (χ2v) is 5.81. The molecule has 0 spiro atoms. The quantitative estimate of drug-likeness (QED) is 0.568. The van der Waals surface area contributed by atoms with E-state index in [2.05, 4.69) is 17.0 Å². The minimum absolute atomic E-state index is 0.0143. The van der Waals surface area contributed by atoms with E-state index >= 15 is 0 Å². The van der Waals surface area contributed by atoms with Gasteiger partial charge in [0.05, 0.1) is 11.4 Å². The molecule has 0 atom stereocenters. The third kappa shape index (κ3) is 3.46. The van der Waals surface area contributed by atoms with Crippen LogP contribution in [-0.4, -0.2) is 12.8 Å². The molecule has 0 bridgehead atoms. The predicted octanol–water partition coefficient (Wildman–Crippen LogP) is 4.14. The number of nitrogen functional groups attached to an aromatic ring is 1. The Balaban J connectivity index is 1.81. The van der Waals surface area contributed by atoms with Crippen molar-refractivity contribution >= 4 is 17.2 Å². The second-order valence-electron chi connectivity index (χ2n) is 5.81. The van der Waals surface area contributed by atoms with E-state index in [1.807, 2.05) is 67.7 Å². The molecule has 120 valence electrons. The highest BCUT2D eigenvalue weighted by Gasteiger charge is 2.12. The van der Waals surface area contributed by atoms with Crippen LogP contribution in [0.1, 0.15) is 21.5 Å². The molecule has 0 amide bonds. The van der Waals surface area contributed by atoms with Gasteiger partial charge >= 0.3 is 0 Å². The zero-order chi connectivity index (χ0) is 16.9. The molecule has 0 heterocycles. The standard InChI is InChI=1S/C21H20N2O/c1-23(15-16-8-4-2-5-9-16)20-13-12-18(14-19(20)22)21(24)17-10-6-3-7-11-17/h2-14H,15,22H2,1H3. The van der Waals surface area contributed by atoms with Crippen LogP contribution in [-0.2, 0) is 6.54 Å². The molecule has 0 aliphatic carbocycles. The van der Waals surface area contributed by atoms with Crippen LogP contribution in [0.4, 0.5) is 11.4 Å². The van der Waals surface area contributed by atoms with Crippen LogP contribution >= 0.6 is 0 Å². The number of carbonyl (C=O) groups excluding carboxylic acids is 1. The highest BCUT2D eigenvalue weighted by molar-refractivity contribution is 6.09. The van der Waals surface area contributed by atoms with Crippen molar-refractivity contribution in [2.75, 3.05) is 17.7 Å². The lowest BCUT2D eigenvalue weighted by atomic mass is 10.0. The summed E-state index contributed by atoms with van der Waals surface area (Å²) in [6.45, 7) is 0.761. The molecule has 0 aliphatic rings. The topological polar surface area (TPSA) is 46.3 Å². The molecule has 24 heavy (non-hydrogen) atoms. The Labute approximate surface area is 142 Å². The van der Waals surface area contributed by atoms with Crippen LogP contribution in [0.25, 0.3) is 0 Å². The van der Waals surface area contributed by atoms with Crippen LogP contribution in [0.5, 0.6) is 0 Å². The van der Waals surface area contributed by atoms with Gasteiger partial charge in [0.2, 0.25) is 0 Å². The normalized spacial score (nSPS) is 10.4. The number of carbonyl (C=O) groups is 1. The van der Waals surface area contributed by atoms with Crippen molar-refractivity contribution < 1.29 is 4.79 Å². The number of ketones is 1. The van der Waals surface area contributed by atoms with Gasteiger partial charge in [-0.15, -0.1) is 0 Å². The van der Waals surface area contributed by atoms with E-state index in [0.717, 1.165) is 12.2 Å². The first kappa shape index (κ1) is 15.8. The molecule has 3 heteroatoms. The van der Waals surface area contributed by atoms with Crippen molar-refractivity contribution in [1.29, 1.82) is 0 Å². The minimum Gasteiger partial charge on any atom is -0.397 e. The van der Waals surface area contributed by atoms with E-state index in [0.29, 0.717) is 16.8 Å². The van der Waals surface area contributed by atoms with Crippen molar-refractivity contribution in [3.63, 3.8) is 0 Å². The third-order valence-corrected chi connectivity index (χ3v) is 4.00. The van der Waals surface area contributed by atoms with Crippen molar-refractivity contribution in [2.24, 2.45) is 0 Å². The number of hydrogen-bond donors (Lipinski definition) is 1. The summed E-state index contributed by atoms with van der Waals surface area (Å²) in [4.78, 5) is 14.6. The van der Waals surface area contributed by atoms with Crippen LogP contribution in [0, 0.1) is 0 Å². The molecule has 0 unspecified atom stereocenters. The van der Waals surface area contributed by atoms with Gasteiger partial charge in [-0.25, -0.2) is 0 Å². The SMILES string of the molecule is CN(Cc1ccccc1)c1ccc(C(=O)c2ccccc2)cc1N. The van der Waals surface area contributed by atoms with E-state index in [4.69, 9.17) is 5.73 Å². The van der Waals surface area contributed by atoms with Crippen molar-refractivity contribution in [2.45, 2.75) is 6.54 Å². The van der Waals surface area contributed by atoms with Gasteiger partial charge in [-0.3, -0.25) is 4.79 Å². The van der Waals surface area contributed by atoms with E-state index in [-0.39, 0.29) is 5.78 Å². The number of rotatable bonds is 5. The maximum absolute atomic E-state index is 12.5. The fourth-order valence-electron chi connectivity index (χ4n) is 2.74. The summed E-state index contributed by atoms with van der Waals surface area (Å²) in [7, 11) is 2.00. The molecule has 0 aromatic heterocycles. The molecule has 3 rings (SSSR count). The summed E-state index contributed by atoms with van der Waals surface area (Å²) >= 11 is 0. The summed E-state index contributed by atoms with van der Waals surface area (Å²) in [6.07, 6.45) is 0. The molecule has 0 saturated heterocycles. The fraction of sp³-hybridized carbons (Fsp3) is 0.0952. The Morgan fingerprint density at radius 1 is 0.875 bits per heavy atom. The molecular formula is C21H20N2O. The maximum Gasteiger partial charge on any atom is 0.193 e. The van der Waals surface area contributed by atoms with Gasteiger partial charge in [0, 0.05) is 24.7 Å². The predicted molar refractivity (Wildman–Crippen MR) is 99.3 cm³/mol. The fourth-order valence-corrected chi connectivity index (χ4v) is 2.74. The maximum atomic E-state index is 12.5. The zero-order valence-corrected chi connectivity index (χ0v) is 13.6. The largest absolute Gasteiger partial charge is 0.397 e. The summed E-state index contributed by atoms with van der Waals surface area (Å²) in [5.74, 6) is -0.0143. The second kappa shape index (κ2) is 7.01. The van der Waals surface area contributed by atoms with Gasteiger partial charge in [-0.2, -0.15) is 0 Å². The average molecular weight is 316 g/mol. The van der Waals surface area contributed by atoms with Crippen LogP contribution in [0.3, 0.4) is 0 Å². The van der Waals surface area contributed by atoms with Crippen LogP contribution < -0.4 is 10.6 Å². The molecular weight excluding hydrogens is 296 g/mol. The smallest absolute Gasteiger partial charge is 0.193 e. The zero-order valence-electron chi connectivity index (χ0n) is 13.6. The number of nitrogens with zero attached hydrogens (tertiary/aromatic N) is 1. The lowest BCUT2D eigenvalue weighted by Gasteiger charge is -2.21. The summed E-state index contributed by atoms with van der Waals surface area (Å²) in [5.41, 5.74) is 10.2. The van der Waals surface area contributed by atoms with Crippen LogP contribution in [0.2, 0.25) is 0 Å². The van der Waals surface area contributed by atoms with E-state index in [9.17, 15) is 4.79 Å². The Hall–Kier alpha value is -3.07. The van der Waals surface area contributed by atoms with Gasteiger partial charge < -0.3 is 10.6 Å². The molecule has 0 radical (unpaired) electrons. The molecule has 3 nitrogen and oxygen atoms in total. The molecule has 2 N–H and O–H groups in total. The molecule has 0 aliphatic heterocycles. The average Bonchev–Trinajstić information content (AvgIpc) is 2.62. The molecule has 0 saturated carbocycles. The van der Waals surface area contributed by atoms with Gasteiger partial charge in [0.25, 0.3) is 0 Å². The number of nitrogens with two attached hydrogens (primary N) is 1. The molecule has 0 fully saturated rings. The first-order valence-electron chi connectivity index (χ1n) is 7.89. The highest BCUT2D eigenvalue weighted by atomic mass is 16.1. The summed E-state index contributed by atoms with van der Waals surface area (Å²) < 4.78 is 0. The number of hydrogen-bond acceptors (Lipinski definition) is 3. The summed E-state index contributed by atoms with van der Waals surface area (Å²) in [6, 6.07) is 25.0. The van der Waals surface area contributed by atoms with E-state index in [1.54, 1.807) is 6.07 Å². The van der Waals surface area contributed by atoms with Crippen molar-refractivity contribution in [3.8, 4) is 0 Å². The Morgan fingerprint density at radius 2 is 1.50 bits per heavy atom. The van der Waals surface area contributed by atoms with E-state index in [1.165, 1.54) is 5.56 Å². The number of benzene rings is 3. The lowest BCUT2D eigenvalue weighted by molar-refractivity contribution is 0.103. The Bertz CT molecular complexity index is 829. The first-order valence-corrected chi connectivity index (χ1v) is 7.89. The Kier molecular flexibility index (Phi) is 4.62. The highest BCUT2D eigenvalue weighted by Crippen LogP contribution is 2.26. The van der Waals surface area contributed by atoms with Gasteiger partial charge in [-0.05, 0) is 23.8 Å². The molecule has 3 aromatic rings. The summed E-state index contributed by atoms with van der Waals surface area (Å²) in [5, 5.41) is 0.